The fraction of sp³-hybridized carbons (Fsp3) is 0.133. The summed E-state index contributed by atoms with van der Waals surface area (Å²) in [6, 6.07) is 14.4. The molecule has 0 fully saturated rings. The third kappa shape index (κ3) is 2.98. The predicted octanol–water partition coefficient (Wildman–Crippen LogP) is 2.90. The molecule has 2 N–H and O–H groups in total. The molecule has 4 heteroatoms. The Kier molecular flexibility index (Phi) is 3.92. The lowest BCUT2D eigenvalue weighted by Gasteiger charge is -2.24. The van der Waals surface area contributed by atoms with Crippen LogP contribution in [-0.4, -0.2) is 10.9 Å². The van der Waals surface area contributed by atoms with Crippen LogP contribution in [0.5, 0.6) is 0 Å². The summed E-state index contributed by atoms with van der Waals surface area (Å²) in [4.78, 5) is 12.2. The summed E-state index contributed by atoms with van der Waals surface area (Å²) in [5.74, 6) is 5.28. The van der Waals surface area contributed by atoms with E-state index in [2.05, 4.69) is 0 Å². The first kappa shape index (κ1) is 13.2. The highest BCUT2D eigenvalue weighted by atomic mass is 19.1. The molecule has 0 spiro atoms. The quantitative estimate of drug-likeness (QED) is 0.522. The van der Waals surface area contributed by atoms with Crippen LogP contribution in [0.3, 0.4) is 0 Å². The molecule has 0 aliphatic heterocycles. The summed E-state index contributed by atoms with van der Waals surface area (Å²) in [5.41, 5.74) is 1.31. The number of nitrogens with two attached hydrogens (primary N) is 1. The molecule has 0 aliphatic rings. The van der Waals surface area contributed by atoms with Crippen molar-refractivity contribution < 1.29 is 9.18 Å². The standard InChI is InChI=1S/C15H15FN2O/c1-11(12-7-9-14(16)10-8-12)18(17)15(19)13-5-3-2-4-6-13/h2-11H,17H2,1H3. The Morgan fingerprint density at radius 2 is 1.68 bits per heavy atom. The van der Waals surface area contributed by atoms with Gasteiger partial charge in [-0.1, -0.05) is 30.3 Å². The van der Waals surface area contributed by atoms with Crippen molar-refractivity contribution >= 4 is 5.91 Å². The van der Waals surface area contributed by atoms with E-state index in [1.54, 1.807) is 43.3 Å². The SMILES string of the molecule is CC(c1ccc(F)cc1)N(N)C(=O)c1ccccc1. The molecule has 0 saturated heterocycles. The van der Waals surface area contributed by atoms with Crippen molar-refractivity contribution in [2.75, 3.05) is 0 Å². The van der Waals surface area contributed by atoms with Crippen LogP contribution in [0.1, 0.15) is 28.9 Å². The molecule has 1 unspecified atom stereocenters. The minimum absolute atomic E-state index is 0.266. The maximum atomic E-state index is 12.9. The number of amides is 1. The number of carbonyl (C=O) groups is 1. The molecule has 0 radical (unpaired) electrons. The molecule has 0 heterocycles. The smallest absolute Gasteiger partial charge is 0.268 e. The largest absolute Gasteiger partial charge is 0.269 e. The zero-order valence-corrected chi connectivity index (χ0v) is 10.6. The molecular formula is C15H15FN2O. The number of carbonyl (C=O) groups excluding carboxylic acids is 1. The molecule has 0 bridgehead atoms. The van der Waals surface area contributed by atoms with Gasteiger partial charge in [0, 0.05) is 5.56 Å². The second kappa shape index (κ2) is 5.63. The van der Waals surface area contributed by atoms with E-state index in [1.807, 2.05) is 6.07 Å². The van der Waals surface area contributed by atoms with Gasteiger partial charge in [0.15, 0.2) is 0 Å². The lowest BCUT2D eigenvalue weighted by atomic mass is 10.1. The molecule has 2 aromatic carbocycles. The molecule has 0 aliphatic carbocycles. The zero-order valence-electron chi connectivity index (χ0n) is 10.6. The average molecular weight is 258 g/mol. The molecule has 1 amide bonds. The van der Waals surface area contributed by atoms with Crippen LogP contribution in [0, 0.1) is 5.82 Å². The van der Waals surface area contributed by atoms with Gasteiger partial charge in [0.05, 0.1) is 6.04 Å². The van der Waals surface area contributed by atoms with Crippen LogP contribution < -0.4 is 5.84 Å². The van der Waals surface area contributed by atoms with Crippen LogP contribution in [0.4, 0.5) is 4.39 Å². The Hall–Kier alpha value is -2.20. The second-order valence-electron chi connectivity index (χ2n) is 4.31. The van der Waals surface area contributed by atoms with Crippen molar-refractivity contribution in [2.45, 2.75) is 13.0 Å². The second-order valence-corrected chi connectivity index (χ2v) is 4.31. The fourth-order valence-electron chi connectivity index (χ4n) is 1.81. The molecular weight excluding hydrogens is 243 g/mol. The van der Waals surface area contributed by atoms with Crippen molar-refractivity contribution in [3.63, 3.8) is 0 Å². The minimum Gasteiger partial charge on any atom is -0.269 e. The fourth-order valence-corrected chi connectivity index (χ4v) is 1.81. The highest BCUT2D eigenvalue weighted by Crippen LogP contribution is 2.19. The maximum Gasteiger partial charge on any atom is 0.268 e. The van der Waals surface area contributed by atoms with Crippen LogP contribution >= 0.6 is 0 Å². The highest BCUT2D eigenvalue weighted by molar-refractivity contribution is 5.94. The number of nitrogens with zero attached hydrogens (tertiary/aromatic N) is 1. The summed E-state index contributed by atoms with van der Waals surface area (Å²) >= 11 is 0. The molecule has 0 saturated carbocycles. The van der Waals surface area contributed by atoms with Crippen molar-refractivity contribution in [3.05, 3.63) is 71.5 Å². The van der Waals surface area contributed by atoms with Gasteiger partial charge in [-0.05, 0) is 36.8 Å². The first-order valence-corrected chi connectivity index (χ1v) is 5.98. The molecule has 19 heavy (non-hydrogen) atoms. The van der Waals surface area contributed by atoms with Gasteiger partial charge in [-0.25, -0.2) is 10.2 Å². The lowest BCUT2D eigenvalue weighted by molar-refractivity contribution is 0.0690. The summed E-state index contributed by atoms with van der Waals surface area (Å²) in [6.07, 6.45) is 0. The monoisotopic (exact) mass is 258 g/mol. The molecule has 1 atom stereocenters. The van der Waals surface area contributed by atoms with Crippen LogP contribution in [-0.2, 0) is 0 Å². The first-order chi connectivity index (χ1) is 9.09. The van der Waals surface area contributed by atoms with Crippen molar-refractivity contribution in [2.24, 2.45) is 5.84 Å². The van der Waals surface area contributed by atoms with E-state index in [0.717, 1.165) is 10.6 Å². The molecule has 2 aromatic rings. The normalized spacial score (nSPS) is 11.9. The number of hydrogen-bond acceptors (Lipinski definition) is 2. The number of benzene rings is 2. The number of halogens is 1. The highest BCUT2D eigenvalue weighted by Gasteiger charge is 2.19. The minimum atomic E-state index is -0.326. The van der Waals surface area contributed by atoms with Gasteiger partial charge in [-0.15, -0.1) is 0 Å². The van der Waals surface area contributed by atoms with Crippen LogP contribution in [0.25, 0.3) is 0 Å². The third-order valence-corrected chi connectivity index (χ3v) is 3.02. The van der Waals surface area contributed by atoms with Gasteiger partial charge in [0.1, 0.15) is 5.82 Å². The summed E-state index contributed by atoms with van der Waals surface area (Å²) < 4.78 is 12.9. The van der Waals surface area contributed by atoms with Crippen LogP contribution in [0.15, 0.2) is 54.6 Å². The van der Waals surface area contributed by atoms with E-state index in [9.17, 15) is 9.18 Å². The van der Waals surface area contributed by atoms with Gasteiger partial charge in [-0.2, -0.15) is 0 Å². The Balaban J connectivity index is 2.17. The van der Waals surface area contributed by atoms with Crippen molar-refractivity contribution in [3.8, 4) is 0 Å². The van der Waals surface area contributed by atoms with Gasteiger partial charge < -0.3 is 0 Å². The number of rotatable bonds is 3. The summed E-state index contributed by atoms with van der Waals surface area (Å²) in [5, 5.41) is 1.16. The van der Waals surface area contributed by atoms with E-state index in [1.165, 1.54) is 12.1 Å². The Morgan fingerprint density at radius 3 is 2.26 bits per heavy atom. The Morgan fingerprint density at radius 1 is 1.11 bits per heavy atom. The summed E-state index contributed by atoms with van der Waals surface area (Å²) in [7, 11) is 0. The first-order valence-electron chi connectivity index (χ1n) is 5.98. The molecule has 0 aromatic heterocycles. The van der Waals surface area contributed by atoms with E-state index in [-0.39, 0.29) is 17.8 Å². The molecule has 98 valence electrons. The topological polar surface area (TPSA) is 46.3 Å². The van der Waals surface area contributed by atoms with E-state index in [0.29, 0.717) is 5.56 Å². The Bertz CT molecular complexity index is 554. The van der Waals surface area contributed by atoms with Gasteiger partial charge in [0.25, 0.3) is 5.91 Å². The Labute approximate surface area is 111 Å². The van der Waals surface area contributed by atoms with E-state index >= 15 is 0 Å². The van der Waals surface area contributed by atoms with Crippen molar-refractivity contribution in [1.29, 1.82) is 0 Å². The van der Waals surface area contributed by atoms with E-state index in [4.69, 9.17) is 5.84 Å². The van der Waals surface area contributed by atoms with Gasteiger partial charge in [0.2, 0.25) is 0 Å². The average Bonchev–Trinajstić information content (AvgIpc) is 2.46. The number of hydrazine groups is 1. The maximum absolute atomic E-state index is 12.9. The van der Waals surface area contributed by atoms with Crippen LogP contribution in [0.2, 0.25) is 0 Å². The van der Waals surface area contributed by atoms with Crippen molar-refractivity contribution in [1.82, 2.24) is 5.01 Å². The predicted molar refractivity (Wildman–Crippen MR) is 71.6 cm³/mol. The van der Waals surface area contributed by atoms with Gasteiger partial charge >= 0.3 is 0 Å². The lowest BCUT2D eigenvalue weighted by Crippen LogP contribution is -2.39. The molecule has 3 nitrogen and oxygen atoms in total. The van der Waals surface area contributed by atoms with E-state index < -0.39 is 0 Å². The zero-order chi connectivity index (χ0) is 13.8. The van der Waals surface area contributed by atoms with Gasteiger partial charge in [-0.3, -0.25) is 9.80 Å². The molecule has 2 rings (SSSR count). The summed E-state index contributed by atoms with van der Waals surface area (Å²) in [6.45, 7) is 1.80. The third-order valence-electron chi connectivity index (χ3n) is 3.02. The number of hydrogen-bond donors (Lipinski definition) is 1.